The van der Waals surface area contributed by atoms with Crippen LogP contribution in [-0.2, 0) is 0 Å². The first-order chi connectivity index (χ1) is 11.7. The highest BCUT2D eigenvalue weighted by Gasteiger charge is 2.23. The van der Waals surface area contributed by atoms with E-state index in [-0.39, 0.29) is 0 Å². The number of nitrogens with zero attached hydrogens (tertiary/aromatic N) is 2. The molecule has 2 rings (SSSR count). The summed E-state index contributed by atoms with van der Waals surface area (Å²) in [4.78, 5) is 4.82. The van der Waals surface area contributed by atoms with E-state index in [2.05, 4.69) is 95.8 Å². The van der Waals surface area contributed by atoms with E-state index in [1.807, 2.05) is 0 Å². The Labute approximate surface area is 155 Å². The standard InChI is InChI=1S/C23H36N2/c1-16(2)14-19(7)20(8)24-12-13-25(15-24)23-21(17(3)4)10-9-11-22(23)18(5)6/h9-13,16-18H,14-15H2,1-8H3/b20-19-. The molecule has 0 saturated carbocycles. The summed E-state index contributed by atoms with van der Waals surface area (Å²) < 4.78 is 0. The lowest BCUT2D eigenvalue weighted by Gasteiger charge is -2.29. The zero-order valence-corrected chi connectivity index (χ0v) is 17.4. The van der Waals surface area contributed by atoms with Crippen molar-refractivity contribution in [3.8, 4) is 0 Å². The third-order valence-corrected chi connectivity index (χ3v) is 5.12. The second-order valence-corrected chi connectivity index (χ2v) is 8.44. The molecule has 2 nitrogen and oxygen atoms in total. The maximum atomic E-state index is 2.43. The molecule has 1 aromatic rings. The smallest absolute Gasteiger partial charge is 0.0986 e. The first-order valence-corrected chi connectivity index (χ1v) is 9.73. The van der Waals surface area contributed by atoms with E-state index >= 15 is 0 Å². The second kappa shape index (κ2) is 8.12. The van der Waals surface area contributed by atoms with E-state index < -0.39 is 0 Å². The Morgan fingerprint density at radius 2 is 1.48 bits per heavy atom. The molecular weight excluding hydrogens is 304 g/mol. The largest absolute Gasteiger partial charge is 0.332 e. The predicted octanol–water partition coefficient (Wildman–Crippen LogP) is 6.82. The third-order valence-electron chi connectivity index (χ3n) is 5.12. The Kier molecular flexibility index (Phi) is 6.37. The molecule has 0 fully saturated rings. The Balaban J connectivity index is 2.33. The van der Waals surface area contributed by atoms with Gasteiger partial charge in [-0.1, -0.05) is 65.3 Å². The van der Waals surface area contributed by atoms with Crippen LogP contribution in [0.1, 0.15) is 84.8 Å². The molecule has 0 aliphatic carbocycles. The zero-order valence-electron chi connectivity index (χ0n) is 17.4. The minimum Gasteiger partial charge on any atom is -0.332 e. The summed E-state index contributed by atoms with van der Waals surface area (Å²) in [6, 6.07) is 6.79. The minimum atomic E-state index is 0.524. The number of rotatable bonds is 6. The maximum absolute atomic E-state index is 2.43. The molecule has 0 aromatic heterocycles. The molecule has 0 radical (unpaired) electrons. The normalized spacial score (nSPS) is 15.8. The van der Waals surface area contributed by atoms with Crippen LogP contribution in [0.2, 0.25) is 0 Å². The van der Waals surface area contributed by atoms with Crippen molar-refractivity contribution >= 4 is 5.69 Å². The Morgan fingerprint density at radius 3 is 1.96 bits per heavy atom. The van der Waals surface area contributed by atoms with Crippen molar-refractivity contribution in [3.63, 3.8) is 0 Å². The van der Waals surface area contributed by atoms with Gasteiger partial charge in [-0.15, -0.1) is 0 Å². The SMILES string of the molecule is C/C(CC(C)C)=C(\C)N1C=CN(c2c(C(C)C)cccc2C(C)C)C1. The van der Waals surface area contributed by atoms with Crippen molar-refractivity contribution in [2.24, 2.45) is 5.92 Å². The van der Waals surface area contributed by atoms with Gasteiger partial charge < -0.3 is 9.80 Å². The lowest BCUT2D eigenvalue weighted by Crippen LogP contribution is -2.26. The summed E-state index contributed by atoms with van der Waals surface area (Å²) in [6.45, 7) is 19.2. The van der Waals surface area contributed by atoms with Gasteiger partial charge in [-0.3, -0.25) is 0 Å². The summed E-state index contributed by atoms with van der Waals surface area (Å²) in [5, 5.41) is 0. The van der Waals surface area contributed by atoms with Crippen LogP contribution in [0.15, 0.2) is 41.9 Å². The van der Waals surface area contributed by atoms with Gasteiger partial charge in [-0.2, -0.15) is 0 Å². The molecule has 1 heterocycles. The molecule has 0 bridgehead atoms. The average molecular weight is 341 g/mol. The van der Waals surface area contributed by atoms with Gasteiger partial charge in [0.05, 0.1) is 6.67 Å². The lowest BCUT2D eigenvalue weighted by molar-refractivity contribution is 0.487. The van der Waals surface area contributed by atoms with Crippen molar-refractivity contribution in [1.29, 1.82) is 0 Å². The number of para-hydroxylation sites is 1. The van der Waals surface area contributed by atoms with E-state index in [0.717, 1.165) is 13.1 Å². The molecule has 0 amide bonds. The molecule has 0 unspecified atom stereocenters. The number of hydrogen-bond donors (Lipinski definition) is 0. The van der Waals surface area contributed by atoms with E-state index in [9.17, 15) is 0 Å². The lowest BCUT2D eigenvalue weighted by atomic mass is 9.92. The summed E-state index contributed by atoms with van der Waals surface area (Å²) >= 11 is 0. The van der Waals surface area contributed by atoms with Crippen molar-refractivity contribution < 1.29 is 0 Å². The summed E-state index contributed by atoms with van der Waals surface area (Å²) in [5.41, 5.74) is 7.17. The van der Waals surface area contributed by atoms with E-state index in [1.54, 1.807) is 0 Å². The zero-order chi connectivity index (χ0) is 18.7. The average Bonchev–Trinajstić information content (AvgIpc) is 3.02. The first-order valence-electron chi connectivity index (χ1n) is 9.73. The molecule has 1 aliphatic heterocycles. The van der Waals surface area contributed by atoms with E-state index in [0.29, 0.717) is 17.8 Å². The van der Waals surface area contributed by atoms with Gasteiger partial charge in [0.15, 0.2) is 0 Å². The molecule has 138 valence electrons. The van der Waals surface area contributed by atoms with Gasteiger partial charge in [-0.05, 0) is 49.1 Å². The maximum Gasteiger partial charge on any atom is 0.0986 e. The Bertz CT molecular complexity index is 624. The monoisotopic (exact) mass is 340 g/mol. The summed E-state index contributed by atoms with van der Waals surface area (Å²) in [5.74, 6) is 1.75. The highest BCUT2D eigenvalue weighted by atomic mass is 15.3. The Morgan fingerprint density at radius 1 is 0.920 bits per heavy atom. The van der Waals surface area contributed by atoms with Crippen molar-refractivity contribution in [1.82, 2.24) is 4.90 Å². The van der Waals surface area contributed by atoms with Crippen molar-refractivity contribution in [3.05, 3.63) is 53.0 Å². The van der Waals surface area contributed by atoms with Gasteiger partial charge in [0.1, 0.15) is 0 Å². The van der Waals surface area contributed by atoms with Gasteiger partial charge in [0.25, 0.3) is 0 Å². The van der Waals surface area contributed by atoms with Gasteiger partial charge in [-0.25, -0.2) is 0 Å². The van der Waals surface area contributed by atoms with Crippen LogP contribution in [0.5, 0.6) is 0 Å². The van der Waals surface area contributed by atoms with Crippen LogP contribution in [0, 0.1) is 5.92 Å². The number of hydrogen-bond acceptors (Lipinski definition) is 2. The Hall–Kier alpha value is -1.70. The molecule has 1 aliphatic rings. The second-order valence-electron chi connectivity index (χ2n) is 8.44. The predicted molar refractivity (Wildman–Crippen MR) is 111 cm³/mol. The number of benzene rings is 1. The van der Waals surface area contributed by atoms with Crippen LogP contribution in [0.3, 0.4) is 0 Å². The fraction of sp³-hybridized carbons (Fsp3) is 0.565. The topological polar surface area (TPSA) is 6.48 Å². The highest BCUT2D eigenvalue weighted by molar-refractivity contribution is 5.64. The molecule has 2 heteroatoms. The quantitative estimate of drug-likeness (QED) is 0.560. The van der Waals surface area contributed by atoms with Gasteiger partial charge in [0, 0.05) is 23.8 Å². The highest BCUT2D eigenvalue weighted by Crippen LogP contribution is 2.37. The van der Waals surface area contributed by atoms with Crippen LogP contribution in [-0.4, -0.2) is 11.6 Å². The van der Waals surface area contributed by atoms with Crippen LogP contribution >= 0.6 is 0 Å². The van der Waals surface area contributed by atoms with Crippen molar-refractivity contribution in [2.75, 3.05) is 11.6 Å². The third kappa shape index (κ3) is 4.48. The number of anilines is 1. The molecular formula is C23H36N2. The van der Waals surface area contributed by atoms with Gasteiger partial charge >= 0.3 is 0 Å². The van der Waals surface area contributed by atoms with Crippen LogP contribution < -0.4 is 4.90 Å². The van der Waals surface area contributed by atoms with Crippen LogP contribution in [0.4, 0.5) is 5.69 Å². The fourth-order valence-electron chi connectivity index (χ4n) is 3.63. The molecule has 0 atom stereocenters. The van der Waals surface area contributed by atoms with E-state index in [1.165, 1.54) is 28.1 Å². The fourth-order valence-corrected chi connectivity index (χ4v) is 3.63. The molecule has 0 N–H and O–H groups in total. The molecule has 0 saturated heterocycles. The first kappa shape index (κ1) is 19.6. The molecule has 25 heavy (non-hydrogen) atoms. The molecule has 1 aromatic carbocycles. The number of allylic oxidation sites excluding steroid dienone is 2. The van der Waals surface area contributed by atoms with Crippen molar-refractivity contribution in [2.45, 2.75) is 73.6 Å². The molecule has 0 spiro atoms. The minimum absolute atomic E-state index is 0.524. The van der Waals surface area contributed by atoms with Crippen LogP contribution in [0.25, 0.3) is 0 Å². The van der Waals surface area contributed by atoms with E-state index in [4.69, 9.17) is 0 Å². The van der Waals surface area contributed by atoms with Gasteiger partial charge in [0.2, 0.25) is 0 Å². The summed E-state index contributed by atoms with van der Waals surface area (Å²) in [6.07, 6.45) is 5.65. The summed E-state index contributed by atoms with van der Waals surface area (Å²) in [7, 11) is 0.